The minimum atomic E-state index is 0.740. The van der Waals surface area contributed by atoms with E-state index in [1.807, 2.05) is 6.07 Å². The molecule has 2 heterocycles. The first kappa shape index (κ1) is 12.9. The van der Waals surface area contributed by atoms with Crippen LogP contribution < -0.4 is 10.1 Å². The zero-order valence-electron chi connectivity index (χ0n) is 11.8. The minimum Gasteiger partial charge on any atom is -0.497 e. The van der Waals surface area contributed by atoms with Crippen molar-refractivity contribution in [3.63, 3.8) is 0 Å². The lowest BCUT2D eigenvalue weighted by Gasteiger charge is -2.31. The Morgan fingerprint density at radius 3 is 3.11 bits per heavy atom. The summed E-state index contributed by atoms with van der Waals surface area (Å²) in [4.78, 5) is 2.60. The van der Waals surface area contributed by atoms with Gasteiger partial charge in [0.15, 0.2) is 0 Å². The summed E-state index contributed by atoms with van der Waals surface area (Å²) in [6.07, 6.45) is 3.80. The Hall–Kier alpha value is -1.06. The van der Waals surface area contributed by atoms with Crippen molar-refractivity contribution < 1.29 is 4.74 Å². The molecule has 2 bridgehead atoms. The topological polar surface area (TPSA) is 24.5 Å². The summed E-state index contributed by atoms with van der Waals surface area (Å²) < 4.78 is 5.27. The molecule has 3 nitrogen and oxygen atoms in total. The normalized spacial score (nSPS) is 29.4. The van der Waals surface area contributed by atoms with Gasteiger partial charge < -0.3 is 15.0 Å². The largest absolute Gasteiger partial charge is 0.497 e. The van der Waals surface area contributed by atoms with Gasteiger partial charge in [-0.3, -0.25) is 0 Å². The third-order valence-electron chi connectivity index (χ3n) is 4.59. The summed E-state index contributed by atoms with van der Waals surface area (Å²) in [5, 5.41) is 3.77. The summed E-state index contributed by atoms with van der Waals surface area (Å²) in [7, 11) is 1.73. The number of hydrogen-bond donors (Lipinski definition) is 1. The van der Waals surface area contributed by atoms with Crippen LogP contribution in [0.5, 0.6) is 5.75 Å². The number of nitrogens with one attached hydrogen (secondary N) is 1. The molecule has 2 aliphatic heterocycles. The van der Waals surface area contributed by atoms with Gasteiger partial charge in [-0.15, -0.1) is 0 Å². The van der Waals surface area contributed by atoms with Crippen molar-refractivity contribution in [2.75, 3.05) is 33.3 Å². The summed E-state index contributed by atoms with van der Waals surface area (Å²) >= 11 is 0. The maximum atomic E-state index is 5.27. The molecule has 0 spiro atoms. The molecule has 3 heteroatoms. The number of hydrogen-bond acceptors (Lipinski definition) is 3. The van der Waals surface area contributed by atoms with Crippen LogP contribution in [0.2, 0.25) is 0 Å². The van der Waals surface area contributed by atoms with Crippen LogP contribution in [0.25, 0.3) is 0 Å². The molecule has 0 radical (unpaired) electrons. The smallest absolute Gasteiger partial charge is 0.119 e. The van der Waals surface area contributed by atoms with Crippen LogP contribution in [0.3, 0.4) is 0 Å². The van der Waals surface area contributed by atoms with E-state index < -0.39 is 0 Å². The third kappa shape index (κ3) is 3.10. The molecule has 2 aliphatic rings. The Morgan fingerprint density at radius 1 is 1.32 bits per heavy atom. The summed E-state index contributed by atoms with van der Waals surface area (Å²) in [5.41, 5.74) is 1.36. The highest BCUT2D eigenvalue weighted by Gasteiger charge is 2.33. The molecule has 3 unspecified atom stereocenters. The Labute approximate surface area is 115 Å². The van der Waals surface area contributed by atoms with E-state index in [4.69, 9.17) is 4.74 Å². The maximum absolute atomic E-state index is 5.27. The third-order valence-corrected chi connectivity index (χ3v) is 4.59. The lowest BCUT2D eigenvalue weighted by atomic mass is 9.94. The van der Waals surface area contributed by atoms with Gasteiger partial charge in [0, 0.05) is 12.6 Å². The number of ether oxygens (including phenoxy) is 1. The van der Waals surface area contributed by atoms with Crippen LogP contribution >= 0.6 is 0 Å². The molecule has 0 aromatic heterocycles. The number of fused-ring (bicyclic) bond motifs is 2. The highest BCUT2D eigenvalue weighted by Crippen LogP contribution is 2.26. The summed E-state index contributed by atoms with van der Waals surface area (Å²) in [6, 6.07) is 9.14. The van der Waals surface area contributed by atoms with Crippen molar-refractivity contribution in [2.45, 2.75) is 25.3 Å². The fourth-order valence-corrected chi connectivity index (χ4v) is 3.45. The second-order valence-electron chi connectivity index (χ2n) is 5.80. The van der Waals surface area contributed by atoms with E-state index in [-0.39, 0.29) is 0 Å². The molecule has 1 N–H and O–H groups in total. The molecule has 3 rings (SSSR count). The van der Waals surface area contributed by atoms with Gasteiger partial charge in [-0.1, -0.05) is 12.1 Å². The van der Waals surface area contributed by atoms with Crippen molar-refractivity contribution in [1.29, 1.82) is 0 Å². The van der Waals surface area contributed by atoms with Gasteiger partial charge in [0.05, 0.1) is 7.11 Å². The van der Waals surface area contributed by atoms with E-state index >= 15 is 0 Å². The Kier molecular flexibility index (Phi) is 4.04. The van der Waals surface area contributed by atoms with Gasteiger partial charge in [0.1, 0.15) is 5.75 Å². The van der Waals surface area contributed by atoms with Crippen LogP contribution in [0, 0.1) is 5.92 Å². The van der Waals surface area contributed by atoms with Gasteiger partial charge in [-0.25, -0.2) is 0 Å². The zero-order chi connectivity index (χ0) is 13.1. The number of rotatable bonds is 5. The second kappa shape index (κ2) is 5.93. The number of nitrogens with zero attached hydrogens (tertiary/aromatic N) is 1. The first-order valence-electron chi connectivity index (χ1n) is 7.44. The quantitative estimate of drug-likeness (QED) is 0.875. The second-order valence-corrected chi connectivity index (χ2v) is 5.80. The number of methoxy groups -OCH3 is 1. The molecule has 3 atom stereocenters. The van der Waals surface area contributed by atoms with E-state index in [1.54, 1.807) is 7.11 Å². The fraction of sp³-hybridized carbons (Fsp3) is 0.625. The molecular weight excluding hydrogens is 236 g/mol. The maximum Gasteiger partial charge on any atom is 0.119 e. The predicted molar refractivity (Wildman–Crippen MR) is 77.7 cm³/mol. The molecule has 19 heavy (non-hydrogen) atoms. The molecular formula is C16H24N2O. The first-order chi connectivity index (χ1) is 9.35. The van der Waals surface area contributed by atoms with Crippen LogP contribution in [-0.2, 0) is 6.42 Å². The van der Waals surface area contributed by atoms with Crippen molar-refractivity contribution in [1.82, 2.24) is 10.2 Å². The Balaban J connectivity index is 1.47. The monoisotopic (exact) mass is 260 g/mol. The Bertz CT molecular complexity index is 421. The van der Waals surface area contributed by atoms with Crippen molar-refractivity contribution in [3.05, 3.63) is 29.8 Å². The van der Waals surface area contributed by atoms with Gasteiger partial charge in [0.2, 0.25) is 0 Å². The van der Waals surface area contributed by atoms with Gasteiger partial charge in [-0.05, 0) is 62.5 Å². The first-order valence-corrected chi connectivity index (χ1v) is 7.44. The van der Waals surface area contributed by atoms with E-state index in [9.17, 15) is 0 Å². The van der Waals surface area contributed by atoms with Crippen LogP contribution in [0.15, 0.2) is 24.3 Å². The van der Waals surface area contributed by atoms with Crippen molar-refractivity contribution in [3.8, 4) is 5.75 Å². The molecule has 1 aromatic rings. The number of benzene rings is 1. The molecule has 2 fully saturated rings. The molecule has 104 valence electrons. The van der Waals surface area contributed by atoms with E-state index in [1.165, 1.54) is 38.0 Å². The molecule has 0 aliphatic carbocycles. The van der Waals surface area contributed by atoms with Crippen LogP contribution in [-0.4, -0.2) is 44.2 Å². The highest BCUT2D eigenvalue weighted by molar-refractivity contribution is 5.28. The standard InChI is InChI=1S/C16H24N2O/c1-19-15-4-2-3-13(11-15)5-8-17-16-7-10-18-9-6-14(16)12-18/h2-4,11,14,16-17H,5-10,12H2,1H3. The van der Waals surface area contributed by atoms with Crippen LogP contribution in [0.4, 0.5) is 0 Å². The fourth-order valence-electron chi connectivity index (χ4n) is 3.45. The van der Waals surface area contributed by atoms with Gasteiger partial charge in [-0.2, -0.15) is 0 Å². The molecule has 0 saturated carbocycles. The van der Waals surface area contributed by atoms with E-state index in [2.05, 4.69) is 28.4 Å². The minimum absolute atomic E-state index is 0.740. The average Bonchev–Trinajstić information content (AvgIpc) is 2.84. The zero-order valence-corrected chi connectivity index (χ0v) is 11.8. The predicted octanol–water partition coefficient (Wildman–Crippen LogP) is 1.92. The van der Waals surface area contributed by atoms with Gasteiger partial charge in [0.25, 0.3) is 0 Å². The lowest BCUT2D eigenvalue weighted by molar-refractivity contribution is 0.222. The summed E-state index contributed by atoms with van der Waals surface area (Å²) in [6.45, 7) is 5.00. The average molecular weight is 260 g/mol. The summed E-state index contributed by atoms with van der Waals surface area (Å²) in [5.74, 6) is 1.85. The SMILES string of the molecule is COc1cccc(CCNC2CCN3CCC2C3)c1. The van der Waals surface area contributed by atoms with E-state index in [0.717, 1.165) is 30.7 Å². The van der Waals surface area contributed by atoms with Crippen LogP contribution in [0.1, 0.15) is 18.4 Å². The molecule has 1 aromatic carbocycles. The van der Waals surface area contributed by atoms with Crippen molar-refractivity contribution >= 4 is 0 Å². The van der Waals surface area contributed by atoms with Gasteiger partial charge >= 0.3 is 0 Å². The van der Waals surface area contributed by atoms with Crippen molar-refractivity contribution in [2.24, 2.45) is 5.92 Å². The molecule has 2 saturated heterocycles. The number of piperidine rings is 1. The van der Waals surface area contributed by atoms with E-state index in [0.29, 0.717) is 0 Å². The molecule has 0 amide bonds. The lowest BCUT2D eigenvalue weighted by Crippen LogP contribution is -2.44. The Morgan fingerprint density at radius 2 is 2.21 bits per heavy atom. The highest BCUT2D eigenvalue weighted by atomic mass is 16.5.